The maximum atomic E-state index is 7.68. The summed E-state index contributed by atoms with van der Waals surface area (Å²) < 4.78 is 5.46. The van der Waals surface area contributed by atoms with Gasteiger partial charge in [-0.2, -0.15) is 4.98 Å². The van der Waals surface area contributed by atoms with E-state index in [-0.39, 0.29) is 24.4 Å². The van der Waals surface area contributed by atoms with Gasteiger partial charge in [0, 0.05) is 12.1 Å². The van der Waals surface area contributed by atoms with Gasteiger partial charge in [-0.1, -0.05) is 59.8 Å². The lowest BCUT2D eigenvalue weighted by Gasteiger charge is -2.21. The molecule has 6 nitrogen and oxygen atoms in total. The summed E-state index contributed by atoms with van der Waals surface area (Å²) >= 11 is 0. The number of hydrogen-bond acceptors (Lipinski definition) is 4. The number of benzene rings is 2. The summed E-state index contributed by atoms with van der Waals surface area (Å²) in [6.45, 7) is 0.758. The van der Waals surface area contributed by atoms with Gasteiger partial charge in [0.15, 0.2) is 5.96 Å². The Labute approximate surface area is 170 Å². The van der Waals surface area contributed by atoms with Gasteiger partial charge >= 0.3 is 0 Å². The molecule has 146 valence electrons. The predicted octanol–water partition coefficient (Wildman–Crippen LogP) is 3.97. The van der Waals surface area contributed by atoms with Crippen molar-refractivity contribution in [2.75, 3.05) is 6.54 Å². The molecule has 28 heavy (non-hydrogen) atoms. The molecule has 0 aliphatic carbocycles. The first-order valence-electron chi connectivity index (χ1n) is 9.28. The molecular weight excluding hydrogens is 374 g/mol. The average Bonchev–Trinajstić information content (AvgIpc) is 3.37. The topological polar surface area (TPSA) is 92.0 Å². The zero-order valence-corrected chi connectivity index (χ0v) is 16.4. The standard InChI is InChI=1S/C21H23N5O.ClH/c22-21(23)26-14-4-7-18(26)20-24-19(25-27-20)17-12-10-16(11-13-17)9-8-15-5-2-1-3-6-15;/h1-3,5-6,10-13,18H,4,7-9,14H2,(H3,22,23);1H/t18-;/m0./s1. The van der Waals surface area contributed by atoms with E-state index in [2.05, 4.69) is 46.5 Å². The lowest BCUT2D eigenvalue weighted by Crippen LogP contribution is -2.35. The maximum absolute atomic E-state index is 7.68. The third kappa shape index (κ3) is 4.34. The monoisotopic (exact) mass is 397 g/mol. The summed E-state index contributed by atoms with van der Waals surface area (Å²) in [4.78, 5) is 6.36. The normalized spacial score (nSPS) is 16.0. The van der Waals surface area contributed by atoms with Gasteiger partial charge in [-0.05, 0) is 36.8 Å². The number of rotatable bonds is 5. The molecule has 3 aromatic rings. The number of likely N-dealkylation sites (tertiary alicyclic amines) is 1. The predicted molar refractivity (Wildman–Crippen MR) is 111 cm³/mol. The van der Waals surface area contributed by atoms with Gasteiger partial charge in [0.1, 0.15) is 6.04 Å². The molecule has 0 amide bonds. The Morgan fingerprint density at radius 2 is 1.75 bits per heavy atom. The van der Waals surface area contributed by atoms with E-state index in [1.807, 2.05) is 23.1 Å². The number of nitrogens with one attached hydrogen (secondary N) is 1. The first kappa shape index (κ1) is 19.9. The van der Waals surface area contributed by atoms with E-state index in [0.717, 1.165) is 37.8 Å². The van der Waals surface area contributed by atoms with Gasteiger partial charge in [-0.3, -0.25) is 5.41 Å². The Kier molecular flexibility index (Phi) is 6.31. The SMILES string of the molecule is Cl.N=C(N)N1CCC[C@H]1c1nc(-c2ccc(CCc3ccccc3)cc2)no1. The van der Waals surface area contributed by atoms with Crippen molar-refractivity contribution in [1.29, 1.82) is 5.41 Å². The fourth-order valence-corrected chi connectivity index (χ4v) is 3.55. The lowest BCUT2D eigenvalue weighted by molar-refractivity contribution is 0.283. The Morgan fingerprint density at radius 3 is 2.43 bits per heavy atom. The third-order valence-corrected chi connectivity index (χ3v) is 5.05. The third-order valence-electron chi connectivity index (χ3n) is 5.05. The van der Waals surface area contributed by atoms with Crippen LogP contribution in [0.4, 0.5) is 0 Å². The molecule has 1 aliphatic heterocycles. The van der Waals surface area contributed by atoms with E-state index >= 15 is 0 Å². The second-order valence-electron chi connectivity index (χ2n) is 6.88. The van der Waals surface area contributed by atoms with Crippen LogP contribution in [0.3, 0.4) is 0 Å². The fraction of sp³-hybridized carbons (Fsp3) is 0.286. The minimum absolute atomic E-state index is 0. The second kappa shape index (κ2) is 8.89. The molecule has 1 saturated heterocycles. The van der Waals surface area contributed by atoms with Crippen LogP contribution in [0, 0.1) is 5.41 Å². The molecule has 1 atom stereocenters. The first-order valence-corrected chi connectivity index (χ1v) is 9.28. The van der Waals surface area contributed by atoms with E-state index in [9.17, 15) is 0 Å². The van der Waals surface area contributed by atoms with Gasteiger partial charge in [0.2, 0.25) is 11.7 Å². The van der Waals surface area contributed by atoms with Crippen LogP contribution in [-0.2, 0) is 12.8 Å². The van der Waals surface area contributed by atoms with Crippen LogP contribution < -0.4 is 5.73 Å². The molecule has 0 unspecified atom stereocenters. The molecule has 2 heterocycles. The van der Waals surface area contributed by atoms with Crippen LogP contribution >= 0.6 is 12.4 Å². The van der Waals surface area contributed by atoms with Crippen molar-refractivity contribution < 1.29 is 4.52 Å². The quantitative estimate of drug-likeness (QED) is 0.502. The number of halogens is 1. The highest BCUT2D eigenvalue weighted by molar-refractivity contribution is 5.85. The maximum Gasteiger partial charge on any atom is 0.249 e. The van der Waals surface area contributed by atoms with E-state index in [1.54, 1.807) is 0 Å². The minimum atomic E-state index is -0.0890. The molecule has 1 aliphatic rings. The Balaban J connectivity index is 0.00000225. The summed E-state index contributed by atoms with van der Waals surface area (Å²) in [5.41, 5.74) is 9.21. The van der Waals surface area contributed by atoms with Crippen molar-refractivity contribution in [3.8, 4) is 11.4 Å². The van der Waals surface area contributed by atoms with Crippen LogP contribution in [0.5, 0.6) is 0 Å². The van der Waals surface area contributed by atoms with Crippen LogP contribution in [0.25, 0.3) is 11.4 Å². The highest BCUT2D eigenvalue weighted by atomic mass is 35.5. The van der Waals surface area contributed by atoms with Crippen LogP contribution in [0.2, 0.25) is 0 Å². The second-order valence-corrected chi connectivity index (χ2v) is 6.88. The van der Waals surface area contributed by atoms with Crippen molar-refractivity contribution >= 4 is 18.4 Å². The molecule has 0 spiro atoms. The molecule has 2 aromatic carbocycles. The highest BCUT2D eigenvalue weighted by Crippen LogP contribution is 2.31. The molecule has 0 saturated carbocycles. The Bertz CT molecular complexity index is 910. The molecule has 1 aromatic heterocycles. The van der Waals surface area contributed by atoms with Crippen molar-refractivity contribution in [3.63, 3.8) is 0 Å². The van der Waals surface area contributed by atoms with Crippen molar-refractivity contribution in [2.45, 2.75) is 31.7 Å². The minimum Gasteiger partial charge on any atom is -0.370 e. The van der Waals surface area contributed by atoms with Gasteiger partial charge in [-0.25, -0.2) is 0 Å². The summed E-state index contributed by atoms with van der Waals surface area (Å²) in [6.07, 6.45) is 3.87. The zero-order chi connectivity index (χ0) is 18.6. The van der Waals surface area contributed by atoms with Gasteiger partial charge in [0.05, 0.1) is 0 Å². The number of hydrogen-bond donors (Lipinski definition) is 2. The molecule has 0 bridgehead atoms. The van der Waals surface area contributed by atoms with Crippen LogP contribution in [-0.4, -0.2) is 27.5 Å². The largest absolute Gasteiger partial charge is 0.370 e. The zero-order valence-electron chi connectivity index (χ0n) is 15.5. The van der Waals surface area contributed by atoms with Gasteiger partial charge < -0.3 is 15.2 Å². The summed E-state index contributed by atoms with van der Waals surface area (Å²) in [7, 11) is 0. The molecule has 4 rings (SSSR count). The Hall–Kier alpha value is -2.86. The fourth-order valence-electron chi connectivity index (χ4n) is 3.55. The molecule has 0 radical (unpaired) electrons. The number of guanidine groups is 1. The number of aryl methyl sites for hydroxylation is 2. The number of nitrogens with zero attached hydrogens (tertiary/aromatic N) is 3. The molecular formula is C21H24ClN5O. The number of aromatic nitrogens is 2. The number of nitrogens with two attached hydrogens (primary N) is 1. The van der Waals surface area contributed by atoms with E-state index in [1.165, 1.54) is 11.1 Å². The summed E-state index contributed by atoms with van der Waals surface area (Å²) in [6, 6.07) is 18.7. The Morgan fingerprint density at radius 1 is 1.07 bits per heavy atom. The summed E-state index contributed by atoms with van der Waals surface area (Å²) in [5.74, 6) is 1.17. The first-order chi connectivity index (χ1) is 13.2. The van der Waals surface area contributed by atoms with E-state index in [4.69, 9.17) is 15.7 Å². The lowest BCUT2D eigenvalue weighted by atomic mass is 10.0. The smallest absolute Gasteiger partial charge is 0.249 e. The van der Waals surface area contributed by atoms with Gasteiger partial charge in [-0.15, -0.1) is 12.4 Å². The van der Waals surface area contributed by atoms with E-state index < -0.39 is 0 Å². The van der Waals surface area contributed by atoms with Crippen molar-refractivity contribution in [1.82, 2.24) is 15.0 Å². The van der Waals surface area contributed by atoms with Crippen LogP contribution in [0.1, 0.15) is 35.9 Å². The van der Waals surface area contributed by atoms with Crippen LogP contribution in [0.15, 0.2) is 59.1 Å². The molecule has 7 heteroatoms. The van der Waals surface area contributed by atoms with E-state index in [0.29, 0.717) is 11.7 Å². The van der Waals surface area contributed by atoms with Crippen molar-refractivity contribution in [3.05, 3.63) is 71.6 Å². The van der Waals surface area contributed by atoms with Crippen molar-refractivity contribution in [2.24, 2.45) is 5.73 Å². The summed E-state index contributed by atoms with van der Waals surface area (Å²) in [5, 5.41) is 11.8. The molecule has 3 N–H and O–H groups in total. The average molecular weight is 398 g/mol. The molecule has 1 fully saturated rings. The highest BCUT2D eigenvalue weighted by Gasteiger charge is 2.31. The van der Waals surface area contributed by atoms with Gasteiger partial charge in [0.25, 0.3) is 0 Å².